The Hall–Kier alpha value is -2.10. The molecule has 0 heterocycles. The lowest BCUT2D eigenvalue weighted by atomic mass is 10.3. The van der Waals surface area contributed by atoms with E-state index >= 15 is 0 Å². The van der Waals surface area contributed by atoms with Gasteiger partial charge in [0.1, 0.15) is 6.07 Å². The maximum absolute atomic E-state index is 11.0. The molecule has 0 saturated heterocycles. The van der Waals surface area contributed by atoms with Crippen molar-refractivity contribution in [2.24, 2.45) is 10.9 Å². The number of hydrazone groups is 1. The van der Waals surface area contributed by atoms with Crippen LogP contribution in [-0.4, -0.2) is 11.6 Å². The molecule has 7 heteroatoms. The van der Waals surface area contributed by atoms with Crippen molar-refractivity contribution in [3.63, 3.8) is 0 Å². The summed E-state index contributed by atoms with van der Waals surface area (Å²) in [6.07, 6.45) is 0. The predicted octanol–water partition coefficient (Wildman–Crippen LogP) is 0.621. The van der Waals surface area contributed by atoms with Crippen molar-refractivity contribution in [2.75, 3.05) is 5.43 Å². The first-order valence-electron chi connectivity index (χ1n) is 4.18. The molecule has 1 amide bonds. The van der Waals surface area contributed by atoms with Gasteiger partial charge in [-0.1, -0.05) is 23.7 Å². The molecule has 0 atom stereocenters. The molecule has 4 N–H and O–H groups in total. The van der Waals surface area contributed by atoms with Crippen molar-refractivity contribution < 1.29 is 4.79 Å². The molecule has 0 aliphatic heterocycles. The second-order valence-electron chi connectivity index (χ2n) is 2.64. The van der Waals surface area contributed by atoms with Gasteiger partial charge in [-0.15, -0.1) is 0 Å². The van der Waals surface area contributed by atoms with E-state index in [-0.39, 0.29) is 5.71 Å². The number of para-hydroxylation sites is 1. The van der Waals surface area contributed by atoms with E-state index < -0.39 is 5.91 Å². The molecule has 6 nitrogen and oxygen atoms in total. The van der Waals surface area contributed by atoms with E-state index in [1.807, 2.05) is 0 Å². The Morgan fingerprint density at radius 1 is 1.50 bits per heavy atom. The zero-order valence-electron chi connectivity index (χ0n) is 8.07. The Morgan fingerprint density at radius 3 is 2.75 bits per heavy atom. The van der Waals surface area contributed by atoms with Gasteiger partial charge in [-0.05, 0) is 12.1 Å². The molecular weight excluding hydrogens is 230 g/mol. The molecule has 82 valence electrons. The fraction of sp³-hybridized carbons (Fsp3) is 0. The van der Waals surface area contributed by atoms with Crippen LogP contribution in [0, 0.1) is 11.3 Å². The molecule has 16 heavy (non-hydrogen) atoms. The Kier molecular flexibility index (Phi) is 4.27. The first-order chi connectivity index (χ1) is 7.69. The van der Waals surface area contributed by atoms with Crippen LogP contribution in [0.25, 0.3) is 0 Å². The molecule has 0 spiro atoms. The van der Waals surface area contributed by atoms with E-state index in [0.717, 1.165) is 0 Å². The van der Waals surface area contributed by atoms with Crippen molar-refractivity contribution in [1.82, 2.24) is 5.43 Å². The van der Waals surface area contributed by atoms with Crippen molar-refractivity contribution >= 4 is 28.9 Å². The number of carbonyl (C=O) groups excluding carboxylic acids is 1. The maximum Gasteiger partial charge on any atom is 0.296 e. The monoisotopic (exact) mass is 237 g/mol. The van der Waals surface area contributed by atoms with E-state index in [4.69, 9.17) is 22.7 Å². The fourth-order valence-electron chi connectivity index (χ4n) is 0.863. The molecule has 0 bridgehead atoms. The van der Waals surface area contributed by atoms with Gasteiger partial charge < -0.3 is 0 Å². The summed E-state index contributed by atoms with van der Waals surface area (Å²) in [6.45, 7) is 0. The minimum atomic E-state index is -0.776. The van der Waals surface area contributed by atoms with E-state index in [9.17, 15) is 4.79 Å². The number of hydrogen-bond donors (Lipinski definition) is 3. The lowest BCUT2D eigenvalue weighted by Crippen LogP contribution is -2.36. The van der Waals surface area contributed by atoms with E-state index in [1.165, 1.54) is 0 Å². The van der Waals surface area contributed by atoms with Crippen LogP contribution in [0.2, 0.25) is 5.02 Å². The smallest absolute Gasteiger partial charge is 0.288 e. The third-order valence-corrected chi connectivity index (χ3v) is 1.94. The number of rotatable bonds is 3. The van der Waals surface area contributed by atoms with Gasteiger partial charge in [0.05, 0.1) is 10.7 Å². The van der Waals surface area contributed by atoms with Crippen LogP contribution in [0.1, 0.15) is 0 Å². The highest BCUT2D eigenvalue weighted by atomic mass is 35.5. The van der Waals surface area contributed by atoms with E-state index in [2.05, 4.69) is 10.5 Å². The second kappa shape index (κ2) is 5.70. The molecule has 1 aromatic rings. The third-order valence-electron chi connectivity index (χ3n) is 1.61. The molecule has 0 aromatic heterocycles. The average molecular weight is 238 g/mol. The minimum Gasteiger partial charge on any atom is -0.288 e. The largest absolute Gasteiger partial charge is 0.296 e. The molecular formula is C9H8ClN5O. The third kappa shape index (κ3) is 2.95. The van der Waals surface area contributed by atoms with Crippen LogP contribution in [0.4, 0.5) is 5.69 Å². The fourth-order valence-corrected chi connectivity index (χ4v) is 1.04. The average Bonchev–Trinajstić information content (AvgIpc) is 2.31. The number of nitriles is 1. The number of halogens is 1. The number of anilines is 1. The van der Waals surface area contributed by atoms with Crippen LogP contribution < -0.4 is 16.7 Å². The predicted molar refractivity (Wildman–Crippen MR) is 60.5 cm³/mol. The molecule has 0 radical (unpaired) electrons. The summed E-state index contributed by atoms with van der Waals surface area (Å²) in [5.74, 6) is 4.09. The second-order valence-corrected chi connectivity index (χ2v) is 3.04. The van der Waals surface area contributed by atoms with Gasteiger partial charge in [0.15, 0.2) is 0 Å². The number of carbonyl (C=O) groups is 1. The summed E-state index contributed by atoms with van der Waals surface area (Å²) >= 11 is 5.82. The SMILES string of the molecule is N#CC(=NNc1ccccc1Cl)C(=O)NN. The molecule has 0 aliphatic rings. The van der Waals surface area contributed by atoms with Gasteiger partial charge in [-0.25, -0.2) is 5.84 Å². The van der Waals surface area contributed by atoms with Crippen LogP contribution in [0.5, 0.6) is 0 Å². The van der Waals surface area contributed by atoms with E-state index in [1.54, 1.807) is 35.8 Å². The summed E-state index contributed by atoms with van der Waals surface area (Å²) in [4.78, 5) is 11.0. The zero-order chi connectivity index (χ0) is 12.0. The van der Waals surface area contributed by atoms with Crippen LogP contribution in [-0.2, 0) is 4.79 Å². The van der Waals surface area contributed by atoms with Gasteiger partial charge in [0.2, 0.25) is 5.71 Å². The Balaban J connectivity index is 2.84. The highest BCUT2D eigenvalue weighted by molar-refractivity contribution is 6.45. The molecule has 1 aromatic carbocycles. The summed E-state index contributed by atoms with van der Waals surface area (Å²) in [5.41, 5.74) is 4.40. The minimum absolute atomic E-state index is 0.387. The highest BCUT2D eigenvalue weighted by Crippen LogP contribution is 2.20. The van der Waals surface area contributed by atoms with Crippen LogP contribution >= 0.6 is 11.6 Å². The molecule has 1 rings (SSSR count). The summed E-state index contributed by atoms with van der Waals surface area (Å²) in [5, 5.41) is 12.6. The van der Waals surface area contributed by atoms with Gasteiger partial charge in [0, 0.05) is 0 Å². The molecule has 0 saturated carbocycles. The first kappa shape index (κ1) is 12.0. The first-order valence-corrected chi connectivity index (χ1v) is 4.56. The van der Waals surface area contributed by atoms with Crippen molar-refractivity contribution in [3.8, 4) is 6.07 Å². The van der Waals surface area contributed by atoms with Crippen molar-refractivity contribution in [2.45, 2.75) is 0 Å². The number of amides is 1. The number of nitrogens with one attached hydrogen (secondary N) is 2. The number of hydrazine groups is 1. The molecule has 0 aliphatic carbocycles. The summed E-state index contributed by atoms with van der Waals surface area (Å²) < 4.78 is 0. The summed E-state index contributed by atoms with van der Waals surface area (Å²) in [7, 11) is 0. The van der Waals surface area contributed by atoms with Gasteiger partial charge in [-0.2, -0.15) is 10.4 Å². The number of hydrogen-bond acceptors (Lipinski definition) is 5. The molecule has 0 fully saturated rings. The number of benzene rings is 1. The van der Waals surface area contributed by atoms with Gasteiger partial charge in [0.25, 0.3) is 5.91 Å². The van der Waals surface area contributed by atoms with Crippen molar-refractivity contribution in [3.05, 3.63) is 29.3 Å². The maximum atomic E-state index is 11.0. The lowest BCUT2D eigenvalue weighted by molar-refractivity contribution is -0.114. The highest BCUT2D eigenvalue weighted by Gasteiger charge is 2.08. The van der Waals surface area contributed by atoms with Crippen molar-refractivity contribution in [1.29, 1.82) is 5.26 Å². The topological polar surface area (TPSA) is 103 Å². The number of nitrogens with two attached hydrogens (primary N) is 1. The van der Waals surface area contributed by atoms with Gasteiger partial charge >= 0.3 is 0 Å². The Labute approximate surface area is 96.7 Å². The quantitative estimate of drug-likeness (QED) is 0.310. The van der Waals surface area contributed by atoms with Crippen LogP contribution in [0.15, 0.2) is 29.4 Å². The number of nitrogens with zero attached hydrogens (tertiary/aromatic N) is 2. The van der Waals surface area contributed by atoms with E-state index in [0.29, 0.717) is 10.7 Å². The normalized spacial score (nSPS) is 10.4. The van der Waals surface area contributed by atoms with Crippen LogP contribution in [0.3, 0.4) is 0 Å². The lowest BCUT2D eigenvalue weighted by Gasteiger charge is -2.02. The zero-order valence-corrected chi connectivity index (χ0v) is 8.82. The molecule has 0 unspecified atom stereocenters. The Bertz CT molecular complexity index is 465. The Morgan fingerprint density at radius 2 is 2.19 bits per heavy atom. The summed E-state index contributed by atoms with van der Waals surface area (Å²) in [6, 6.07) is 8.38. The van der Waals surface area contributed by atoms with Gasteiger partial charge in [-0.3, -0.25) is 15.6 Å². The standard InChI is InChI=1S/C9H8ClN5O/c10-6-3-1-2-4-7(6)14-15-8(5-11)9(16)13-12/h1-4,14H,12H2,(H,13,16).